The van der Waals surface area contributed by atoms with Crippen molar-refractivity contribution in [3.63, 3.8) is 0 Å². The lowest BCUT2D eigenvalue weighted by atomic mass is 9.43. The molecular weight excluding hydrogens is 468 g/mol. The van der Waals surface area contributed by atoms with Crippen LogP contribution < -0.4 is 0 Å². The Hall–Kier alpha value is -2.54. The lowest BCUT2D eigenvalue weighted by molar-refractivity contribution is -0.125. The van der Waals surface area contributed by atoms with Crippen molar-refractivity contribution in [2.45, 2.75) is 63.9 Å². The highest BCUT2D eigenvalue weighted by Crippen LogP contribution is 2.67. The topological polar surface area (TPSA) is 50.4 Å². The molecule has 6 rings (SSSR count). The highest BCUT2D eigenvalue weighted by Gasteiger charge is 2.63. The second kappa shape index (κ2) is 8.79. The summed E-state index contributed by atoms with van der Waals surface area (Å²) in [6.45, 7) is 4.00. The number of furan rings is 1. The third kappa shape index (κ3) is 3.49. The molecule has 1 unspecified atom stereocenters. The molecule has 2 fully saturated rings. The molecule has 2 saturated carbocycles. The van der Waals surface area contributed by atoms with E-state index in [4.69, 9.17) is 16.0 Å². The standard InChI is InChI=1S/C32H33ClO3/c1-3-15-32(35)29(33)13-12-28-26-10-8-22-17-24(34)9-11-25(22)30(26)27(18-31(28,32)2)21-6-4-20(5-7-21)23-14-16-36-19-23/h4-7,13-14,16-17,19,25-28,30,35H,8-12,18H2,1-2H3/t25-,26-,27+,28-,30+,31-,32?/m0/s1. The molecule has 0 saturated heterocycles. The molecule has 1 aromatic heterocycles. The van der Waals surface area contributed by atoms with Gasteiger partial charge in [-0.15, -0.1) is 5.92 Å². The van der Waals surface area contributed by atoms with Crippen molar-refractivity contribution in [2.75, 3.05) is 0 Å². The van der Waals surface area contributed by atoms with Gasteiger partial charge in [-0.2, -0.15) is 0 Å². The van der Waals surface area contributed by atoms with Gasteiger partial charge in [-0.3, -0.25) is 4.79 Å². The van der Waals surface area contributed by atoms with Crippen molar-refractivity contribution < 1.29 is 14.3 Å². The van der Waals surface area contributed by atoms with Crippen LogP contribution in [0.1, 0.15) is 63.9 Å². The van der Waals surface area contributed by atoms with Gasteiger partial charge in [-0.1, -0.05) is 60.4 Å². The number of ketones is 1. The van der Waals surface area contributed by atoms with Crippen LogP contribution in [0.15, 0.2) is 70.0 Å². The van der Waals surface area contributed by atoms with Gasteiger partial charge in [0.25, 0.3) is 0 Å². The van der Waals surface area contributed by atoms with E-state index >= 15 is 0 Å². The smallest absolute Gasteiger partial charge is 0.166 e. The summed E-state index contributed by atoms with van der Waals surface area (Å²) in [5, 5.41) is 12.5. The summed E-state index contributed by atoms with van der Waals surface area (Å²) in [6.07, 6.45) is 12.7. The Labute approximate surface area is 218 Å². The molecule has 4 aliphatic carbocycles. The van der Waals surface area contributed by atoms with Gasteiger partial charge < -0.3 is 9.52 Å². The maximum Gasteiger partial charge on any atom is 0.166 e. The molecule has 0 radical (unpaired) electrons. The Bertz CT molecular complexity index is 1290. The Morgan fingerprint density at radius 1 is 1.08 bits per heavy atom. The minimum Gasteiger partial charge on any atom is -0.472 e. The monoisotopic (exact) mass is 500 g/mol. The number of allylic oxidation sites excluding steroid dienone is 3. The van der Waals surface area contributed by atoms with Crippen LogP contribution in [0, 0.1) is 40.9 Å². The van der Waals surface area contributed by atoms with Gasteiger partial charge in [0, 0.05) is 17.4 Å². The SMILES string of the molecule is CC#CC1(O)C(Cl)=CC[C@H]2[C@@H]3CCC4=CC(=O)CC[C@@H]4[C@H]3[C@@H](c3ccc(-c4ccoc4)cc3)C[C@@]21C. The van der Waals surface area contributed by atoms with Crippen LogP contribution in [0.25, 0.3) is 11.1 Å². The summed E-state index contributed by atoms with van der Waals surface area (Å²) in [7, 11) is 0. The number of halogens is 1. The van der Waals surface area contributed by atoms with Crippen molar-refractivity contribution in [2.24, 2.45) is 29.1 Å². The molecule has 0 spiro atoms. The van der Waals surface area contributed by atoms with Crippen molar-refractivity contribution >= 4 is 17.4 Å². The first-order valence-corrected chi connectivity index (χ1v) is 13.6. The average Bonchev–Trinajstić information content (AvgIpc) is 3.42. The molecule has 1 aromatic carbocycles. The van der Waals surface area contributed by atoms with E-state index in [9.17, 15) is 9.90 Å². The highest BCUT2D eigenvalue weighted by atomic mass is 35.5. The summed E-state index contributed by atoms with van der Waals surface area (Å²) >= 11 is 6.74. The molecule has 0 amide bonds. The third-order valence-corrected chi connectivity index (χ3v) is 10.3. The molecule has 0 aliphatic heterocycles. The molecular formula is C32H33ClO3. The first-order valence-electron chi connectivity index (χ1n) is 13.2. The minimum atomic E-state index is -1.34. The van der Waals surface area contributed by atoms with Crippen LogP contribution in [-0.2, 0) is 4.79 Å². The van der Waals surface area contributed by atoms with Gasteiger partial charge in [0.1, 0.15) is 0 Å². The summed E-state index contributed by atoms with van der Waals surface area (Å²) in [5.74, 6) is 8.29. The Kier molecular flexibility index (Phi) is 5.82. The van der Waals surface area contributed by atoms with Crippen molar-refractivity contribution in [1.29, 1.82) is 0 Å². The first kappa shape index (κ1) is 23.8. The van der Waals surface area contributed by atoms with Crippen LogP contribution in [0.2, 0.25) is 0 Å². The fourth-order valence-corrected chi connectivity index (χ4v) is 8.58. The van der Waals surface area contributed by atoms with Gasteiger partial charge in [0.15, 0.2) is 11.4 Å². The summed E-state index contributed by atoms with van der Waals surface area (Å²) in [6, 6.07) is 10.8. The summed E-state index contributed by atoms with van der Waals surface area (Å²) < 4.78 is 5.29. The van der Waals surface area contributed by atoms with Gasteiger partial charge in [0.05, 0.1) is 17.6 Å². The molecule has 0 bridgehead atoms. The number of hydrogen-bond donors (Lipinski definition) is 1. The predicted molar refractivity (Wildman–Crippen MR) is 142 cm³/mol. The van der Waals surface area contributed by atoms with E-state index < -0.39 is 11.0 Å². The van der Waals surface area contributed by atoms with Gasteiger partial charge in [-0.05, 0) is 91.9 Å². The fourth-order valence-electron chi connectivity index (χ4n) is 8.23. The number of carbonyl (C=O) groups excluding carboxylic acids is 1. The highest BCUT2D eigenvalue weighted by molar-refractivity contribution is 6.31. The van der Waals surface area contributed by atoms with E-state index in [1.807, 2.05) is 18.2 Å². The van der Waals surface area contributed by atoms with Crippen LogP contribution in [0.5, 0.6) is 0 Å². The normalized spacial score (nSPS) is 37.4. The van der Waals surface area contributed by atoms with Crippen molar-refractivity contribution in [3.8, 4) is 23.0 Å². The van der Waals surface area contributed by atoms with Gasteiger partial charge >= 0.3 is 0 Å². The third-order valence-electron chi connectivity index (χ3n) is 9.92. The first-order chi connectivity index (χ1) is 17.4. The van der Waals surface area contributed by atoms with Crippen molar-refractivity contribution in [3.05, 3.63) is 71.2 Å². The minimum absolute atomic E-state index is 0.254. The zero-order valence-corrected chi connectivity index (χ0v) is 21.7. The second-order valence-corrected chi connectivity index (χ2v) is 11.9. The maximum atomic E-state index is 12.3. The quantitative estimate of drug-likeness (QED) is 0.441. The van der Waals surface area contributed by atoms with Gasteiger partial charge in [-0.25, -0.2) is 0 Å². The van der Waals surface area contributed by atoms with E-state index in [0.29, 0.717) is 35.1 Å². The summed E-state index contributed by atoms with van der Waals surface area (Å²) in [4.78, 5) is 12.3. The van der Waals surface area contributed by atoms with E-state index in [2.05, 4.69) is 43.0 Å². The molecule has 4 heteroatoms. The van der Waals surface area contributed by atoms with E-state index in [-0.39, 0.29) is 11.7 Å². The van der Waals surface area contributed by atoms with Crippen LogP contribution in [0.3, 0.4) is 0 Å². The number of benzene rings is 1. The van der Waals surface area contributed by atoms with E-state index in [1.165, 1.54) is 11.1 Å². The van der Waals surface area contributed by atoms with E-state index in [1.54, 1.807) is 19.5 Å². The van der Waals surface area contributed by atoms with Crippen LogP contribution in [-0.4, -0.2) is 16.5 Å². The zero-order valence-electron chi connectivity index (χ0n) is 21.0. The molecule has 7 atom stereocenters. The number of aliphatic hydroxyl groups is 1. The Morgan fingerprint density at radius 3 is 2.61 bits per heavy atom. The van der Waals surface area contributed by atoms with Crippen LogP contribution in [0.4, 0.5) is 0 Å². The molecule has 1 N–H and O–H groups in total. The molecule has 4 aliphatic rings. The predicted octanol–water partition coefficient (Wildman–Crippen LogP) is 7.27. The van der Waals surface area contributed by atoms with Crippen LogP contribution >= 0.6 is 11.6 Å². The number of fused-ring (bicyclic) bond motifs is 5. The molecule has 1 heterocycles. The Morgan fingerprint density at radius 2 is 1.89 bits per heavy atom. The summed E-state index contributed by atoms with van der Waals surface area (Å²) in [5.41, 5.74) is 3.05. The lowest BCUT2D eigenvalue weighted by Crippen LogP contribution is -2.60. The number of rotatable bonds is 2. The lowest BCUT2D eigenvalue weighted by Gasteiger charge is -2.62. The largest absolute Gasteiger partial charge is 0.472 e. The molecule has 2 aromatic rings. The molecule has 186 valence electrons. The fraction of sp³-hybridized carbons (Fsp3) is 0.469. The van der Waals surface area contributed by atoms with Gasteiger partial charge in [0.2, 0.25) is 0 Å². The second-order valence-electron chi connectivity index (χ2n) is 11.5. The average molecular weight is 501 g/mol. The Balaban J connectivity index is 1.47. The van der Waals surface area contributed by atoms with E-state index in [0.717, 1.165) is 43.2 Å². The maximum absolute atomic E-state index is 12.3. The molecule has 3 nitrogen and oxygen atoms in total. The zero-order chi connectivity index (χ0) is 25.1. The molecule has 36 heavy (non-hydrogen) atoms. The number of carbonyl (C=O) groups is 1. The number of hydrogen-bond acceptors (Lipinski definition) is 3. The van der Waals surface area contributed by atoms with Crippen molar-refractivity contribution in [1.82, 2.24) is 0 Å².